The molecule has 0 spiro atoms. The lowest BCUT2D eigenvalue weighted by molar-refractivity contribution is 0.366. The van der Waals surface area contributed by atoms with Crippen molar-refractivity contribution in [3.8, 4) is 0 Å². The molecule has 8 heteroatoms. The molecule has 100 valence electrons. The number of nitrogens with zero attached hydrogens (tertiary/aromatic N) is 3. The van der Waals surface area contributed by atoms with Gasteiger partial charge in [-0.3, -0.25) is 0 Å². The maximum Gasteiger partial charge on any atom is 0.253 e. The molecule has 0 aliphatic rings. The number of hydrogen-bond acceptors (Lipinski definition) is 6. The monoisotopic (exact) mass is 289 g/mol. The van der Waals surface area contributed by atoms with Crippen molar-refractivity contribution in [3.63, 3.8) is 0 Å². The highest BCUT2D eigenvalue weighted by molar-refractivity contribution is 7.99. The van der Waals surface area contributed by atoms with E-state index in [0.29, 0.717) is 16.7 Å². The van der Waals surface area contributed by atoms with Crippen LogP contribution in [0, 0.1) is 0 Å². The van der Waals surface area contributed by atoms with E-state index >= 15 is 0 Å². The molecule has 0 aromatic carbocycles. The predicted octanol–water partition coefficient (Wildman–Crippen LogP) is 1.37. The molecule has 0 unspecified atom stereocenters. The van der Waals surface area contributed by atoms with Gasteiger partial charge in [0.15, 0.2) is 5.76 Å². The van der Waals surface area contributed by atoms with Crippen LogP contribution in [0.15, 0.2) is 23.9 Å². The smallest absolute Gasteiger partial charge is 0.253 e. The van der Waals surface area contributed by atoms with E-state index in [2.05, 4.69) is 16.7 Å². The van der Waals surface area contributed by atoms with Crippen LogP contribution in [0.4, 0.5) is 0 Å². The summed E-state index contributed by atoms with van der Waals surface area (Å²) in [5.74, 6) is 1.28. The SMILES string of the molecule is C=C/C=C(\OC)c1nc(SCC)n(S(C)(=O)=O)n1. The molecule has 0 amide bonds. The Morgan fingerprint density at radius 2 is 2.28 bits per heavy atom. The summed E-state index contributed by atoms with van der Waals surface area (Å²) in [6, 6.07) is 0. The molecule has 1 rings (SSSR count). The number of rotatable bonds is 6. The summed E-state index contributed by atoms with van der Waals surface area (Å²) in [6.45, 7) is 5.45. The maximum absolute atomic E-state index is 11.6. The first-order valence-electron chi connectivity index (χ1n) is 5.11. The highest BCUT2D eigenvalue weighted by Gasteiger charge is 2.19. The Morgan fingerprint density at radius 3 is 2.72 bits per heavy atom. The summed E-state index contributed by atoms with van der Waals surface area (Å²) >= 11 is 1.30. The standard InChI is InChI=1S/C10H15N3O3S2/c1-5-7-8(16-3)9-11-10(17-6-2)13(12-9)18(4,14)15/h5,7H,1,6H2,2-4H3/b8-7-. The fourth-order valence-corrected chi connectivity index (χ4v) is 2.84. The zero-order chi connectivity index (χ0) is 13.8. The summed E-state index contributed by atoms with van der Waals surface area (Å²) in [6.07, 6.45) is 4.17. The second kappa shape index (κ2) is 6.05. The molecule has 0 saturated heterocycles. The van der Waals surface area contributed by atoms with E-state index in [-0.39, 0.29) is 5.82 Å². The van der Waals surface area contributed by atoms with E-state index in [1.165, 1.54) is 24.9 Å². The van der Waals surface area contributed by atoms with Gasteiger partial charge in [-0.2, -0.15) is 4.98 Å². The van der Waals surface area contributed by atoms with Gasteiger partial charge in [-0.15, -0.1) is 9.19 Å². The van der Waals surface area contributed by atoms with Gasteiger partial charge in [-0.1, -0.05) is 31.3 Å². The van der Waals surface area contributed by atoms with Crippen LogP contribution in [0.25, 0.3) is 5.76 Å². The van der Waals surface area contributed by atoms with Gasteiger partial charge >= 0.3 is 0 Å². The lowest BCUT2D eigenvalue weighted by Crippen LogP contribution is -2.13. The Hall–Kier alpha value is -1.28. The van der Waals surface area contributed by atoms with Crippen molar-refractivity contribution in [1.82, 2.24) is 14.2 Å². The molecule has 1 aromatic rings. The van der Waals surface area contributed by atoms with E-state index in [1.807, 2.05) is 6.92 Å². The molecule has 0 aliphatic heterocycles. The van der Waals surface area contributed by atoms with Crippen LogP contribution < -0.4 is 0 Å². The van der Waals surface area contributed by atoms with Crippen molar-refractivity contribution in [2.45, 2.75) is 12.1 Å². The number of aromatic nitrogens is 3. The minimum Gasteiger partial charge on any atom is -0.493 e. The quantitative estimate of drug-likeness (QED) is 0.447. The minimum atomic E-state index is -3.48. The van der Waals surface area contributed by atoms with Crippen LogP contribution in [-0.4, -0.2) is 41.7 Å². The molecule has 1 aromatic heterocycles. The third-order valence-electron chi connectivity index (χ3n) is 1.85. The Morgan fingerprint density at radius 1 is 1.61 bits per heavy atom. The van der Waals surface area contributed by atoms with Gasteiger partial charge in [0.25, 0.3) is 10.0 Å². The molecular formula is C10H15N3O3S2. The van der Waals surface area contributed by atoms with E-state index in [9.17, 15) is 8.42 Å². The fraction of sp³-hybridized carbons (Fsp3) is 0.400. The van der Waals surface area contributed by atoms with Crippen molar-refractivity contribution >= 4 is 27.5 Å². The van der Waals surface area contributed by atoms with Gasteiger partial charge in [-0.05, 0) is 11.8 Å². The topological polar surface area (TPSA) is 74.1 Å². The van der Waals surface area contributed by atoms with Crippen LogP contribution >= 0.6 is 11.8 Å². The lowest BCUT2D eigenvalue weighted by Gasteiger charge is -2.00. The van der Waals surface area contributed by atoms with Crippen molar-refractivity contribution in [1.29, 1.82) is 0 Å². The van der Waals surface area contributed by atoms with E-state index in [1.54, 1.807) is 6.08 Å². The van der Waals surface area contributed by atoms with Crippen molar-refractivity contribution in [2.75, 3.05) is 19.1 Å². The number of ether oxygens (including phenoxy) is 1. The minimum absolute atomic E-state index is 0.221. The molecule has 0 aliphatic carbocycles. The van der Waals surface area contributed by atoms with Crippen molar-refractivity contribution in [2.24, 2.45) is 0 Å². The van der Waals surface area contributed by atoms with Gasteiger partial charge in [0.1, 0.15) is 0 Å². The first kappa shape index (κ1) is 14.8. The third kappa shape index (κ3) is 3.36. The van der Waals surface area contributed by atoms with Crippen LogP contribution in [0.3, 0.4) is 0 Å². The van der Waals surface area contributed by atoms with Crippen LogP contribution in [0.2, 0.25) is 0 Å². The Balaban J connectivity index is 3.34. The molecule has 1 heterocycles. The predicted molar refractivity (Wildman–Crippen MR) is 71.8 cm³/mol. The highest BCUT2D eigenvalue weighted by Crippen LogP contribution is 2.20. The zero-order valence-electron chi connectivity index (χ0n) is 10.5. The summed E-state index contributed by atoms with van der Waals surface area (Å²) in [4.78, 5) is 4.15. The van der Waals surface area contributed by atoms with Crippen molar-refractivity contribution < 1.29 is 13.2 Å². The molecule has 0 bridgehead atoms. The molecule has 0 fully saturated rings. The molecule has 0 radical (unpaired) electrons. The molecule has 0 atom stereocenters. The second-order valence-corrected chi connectivity index (χ2v) is 6.27. The number of thioether (sulfide) groups is 1. The number of hydrogen-bond donors (Lipinski definition) is 0. The average Bonchev–Trinajstić information content (AvgIpc) is 2.70. The van der Waals surface area contributed by atoms with Gasteiger partial charge in [0.2, 0.25) is 11.0 Å². The molecule has 18 heavy (non-hydrogen) atoms. The van der Waals surface area contributed by atoms with Crippen LogP contribution in [0.1, 0.15) is 12.7 Å². The number of methoxy groups -OCH3 is 1. The Kier molecular flexibility index (Phi) is 4.97. The van der Waals surface area contributed by atoms with Crippen LogP contribution in [0.5, 0.6) is 0 Å². The van der Waals surface area contributed by atoms with Gasteiger partial charge < -0.3 is 4.74 Å². The first-order chi connectivity index (χ1) is 8.43. The first-order valence-corrected chi connectivity index (χ1v) is 7.95. The second-order valence-electron chi connectivity index (χ2n) is 3.23. The molecular weight excluding hydrogens is 274 g/mol. The number of allylic oxidation sites excluding steroid dienone is 2. The van der Waals surface area contributed by atoms with E-state index in [4.69, 9.17) is 4.74 Å². The van der Waals surface area contributed by atoms with Crippen LogP contribution in [-0.2, 0) is 14.8 Å². The lowest BCUT2D eigenvalue weighted by atomic mass is 10.4. The average molecular weight is 289 g/mol. The van der Waals surface area contributed by atoms with Gasteiger partial charge in [0.05, 0.1) is 13.4 Å². The highest BCUT2D eigenvalue weighted by atomic mass is 32.2. The Bertz CT molecular complexity index is 561. The molecule has 0 saturated carbocycles. The van der Waals surface area contributed by atoms with E-state index < -0.39 is 10.0 Å². The molecule has 0 N–H and O–H groups in total. The van der Waals surface area contributed by atoms with Crippen molar-refractivity contribution in [3.05, 3.63) is 24.6 Å². The maximum atomic E-state index is 11.6. The van der Waals surface area contributed by atoms with Gasteiger partial charge in [0, 0.05) is 0 Å². The summed E-state index contributed by atoms with van der Waals surface area (Å²) in [5.41, 5.74) is 0. The summed E-state index contributed by atoms with van der Waals surface area (Å²) in [7, 11) is -2.02. The normalized spacial score (nSPS) is 12.5. The fourth-order valence-electron chi connectivity index (χ4n) is 1.16. The summed E-state index contributed by atoms with van der Waals surface area (Å²) in [5, 5.41) is 4.27. The summed E-state index contributed by atoms with van der Waals surface area (Å²) < 4.78 is 29.1. The largest absolute Gasteiger partial charge is 0.493 e. The Labute approximate surface area is 111 Å². The zero-order valence-corrected chi connectivity index (χ0v) is 12.1. The molecule has 6 nitrogen and oxygen atoms in total. The van der Waals surface area contributed by atoms with E-state index in [0.717, 1.165) is 10.3 Å². The third-order valence-corrected chi connectivity index (χ3v) is 3.66. The van der Waals surface area contributed by atoms with Gasteiger partial charge in [-0.25, -0.2) is 8.42 Å².